The number of likely N-dealkylation sites (tertiary alicyclic amines) is 1. The molecule has 1 fully saturated rings. The van der Waals surface area contributed by atoms with Crippen molar-refractivity contribution in [2.45, 2.75) is 18.9 Å². The summed E-state index contributed by atoms with van der Waals surface area (Å²) in [6, 6.07) is 8.54. The van der Waals surface area contributed by atoms with Crippen molar-refractivity contribution in [3.8, 4) is 0 Å². The van der Waals surface area contributed by atoms with E-state index < -0.39 is 0 Å². The van der Waals surface area contributed by atoms with E-state index in [1.807, 2.05) is 0 Å². The van der Waals surface area contributed by atoms with Crippen LogP contribution in [0.15, 0.2) is 29.6 Å². The summed E-state index contributed by atoms with van der Waals surface area (Å²) in [5.74, 6) is -0.0279. The lowest BCUT2D eigenvalue weighted by molar-refractivity contribution is -0.135. The van der Waals surface area contributed by atoms with Gasteiger partial charge in [-0.15, -0.1) is 11.3 Å². The van der Waals surface area contributed by atoms with E-state index in [9.17, 15) is 9.90 Å². The van der Waals surface area contributed by atoms with Gasteiger partial charge in [0.2, 0.25) is 5.91 Å². The SMILES string of the molecule is O=C(COCCc1ccc2sccc2c1)N1CC[C@H](O)C1. The molecule has 1 aliphatic heterocycles. The van der Waals surface area contributed by atoms with Crippen LogP contribution in [0, 0.1) is 0 Å². The van der Waals surface area contributed by atoms with E-state index in [1.165, 1.54) is 15.6 Å². The van der Waals surface area contributed by atoms with Crippen molar-refractivity contribution < 1.29 is 14.6 Å². The molecule has 0 saturated carbocycles. The number of nitrogens with zero attached hydrogens (tertiary/aromatic N) is 1. The highest BCUT2D eigenvalue weighted by Crippen LogP contribution is 2.21. The Morgan fingerprint density at radius 1 is 1.43 bits per heavy atom. The monoisotopic (exact) mass is 305 g/mol. The fourth-order valence-corrected chi connectivity index (χ4v) is 3.35. The summed E-state index contributed by atoms with van der Waals surface area (Å²) in [4.78, 5) is 13.5. The van der Waals surface area contributed by atoms with E-state index in [4.69, 9.17) is 4.74 Å². The number of ether oxygens (including phenoxy) is 1. The maximum Gasteiger partial charge on any atom is 0.248 e. The predicted octanol–water partition coefficient (Wildman–Crippen LogP) is 2.05. The number of aliphatic hydroxyl groups excluding tert-OH is 1. The Balaban J connectivity index is 1.42. The van der Waals surface area contributed by atoms with E-state index in [0.29, 0.717) is 26.1 Å². The molecule has 2 heterocycles. The lowest BCUT2D eigenvalue weighted by Crippen LogP contribution is -2.32. The Hall–Kier alpha value is -1.43. The number of aliphatic hydroxyl groups is 1. The quantitative estimate of drug-likeness (QED) is 0.860. The molecule has 4 nitrogen and oxygen atoms in total. The Morgan fingerprint density at radius 3 is 3.14 bits per heavy atom. The van der Waals surface area contributed by atoms with E-state index in [2.05, 4.69) is 29.6 Å². The van der Waals surface area contributed by atoms with Crippen molar-refractivity contribution in [3.05, 3.63) is 35.2 Å². The van der Waals surface area contributed by atoms with Crippen molar-refractivity contribution in [3.63, 3.8) is 0 Å². The van der Waals surface area contributed by atoms with E-state index in [-0.39, 0.29) is 18.6 Å². The third-order valence-electron chi connectivity index (χ3n) is 3.79. The molecule has 1 amide bonds. The van der Waals surface area contributed by atoms with Crippen LogP contribution < -0.4 is 0 Å². The van der Waals surface area contributed by atoms with Crippen LogP contribution in [0.4, 0.5) is 0 Å². The summed E-state index contributed by atoms with van der Waals surface area (Å²) in [7, 11) is 0. The molecule has 1 aliphatic rings. The van der Waals surface area contributed by atoms with Gasteiger partial charge in [0.1, 0.15) is 6.61 Å². The zero-order valence-corrected chi connectivity index (χ0v) is 12.6. The van der Waals surface area contributed by atoms with Crippen molar-refractivity contribution in [1.82, 2.24) is 4.90 Å². The second kappa shape index (κ2) is 6.56. The normalized spacial score (nSPS) is 18.5. The third-order valence-corrected chi connectivity index (χ3v) is 4.69. The number of amides is 1. The largest absolute Gasteiger partial charge is 0.391 e. The molecule has 0 aliphatic carbocycles. The van der Waals surface area contributed by atoms with Crippen LogP contribution in [0.5, 0.6) is 0 Å². The molecular formula is C16H19NO3S. The molecule has 1 aromatic heterocycles. The first-order valence-corrected chi connectivity index (χ1v) is 8.10. The highest BCUT2D eigenvalue weighted by molar-refractivity contribution is 7.17. The molecule has 0 spiro atoms. The highest BCUT2D eigenvalue weighted by atomic mass is 32.1. The zero-order chi connectivity index (χ0) is 14.7. The van der Waals surface area contributed by atoms with Gasteiger partial charge in [-0.3, -0.25) is 4.79 Å². The lowest BCUT2D eigenvalue weighted by atomic mass is 10.1. The van der Waals surface area contributed by atoms with Crippen LogP contribution in [0.2, 0.25) is 0 Å². The van der Waals surface area contributed by atoms with Crippen LogP contribution in [-0.2, 0) is 16.0 Å². The van der Waals surface area contributed by atoms with Crippen LogP contribution in [0.3, 0.4) is 0 Å². The molecule has 1 aromatic carbocycles. The van der Waals surface area contributed by atoms with Crippen LogP contribution in [0.1, 0.15) is 12.0 Å². The molecule has 112 valence electrons. The zero-order valence-electron chi connectivity index (χ0n) is 11.8. The molecule has 2 aromatic rings. The number of benzene rings is 1. The summed E-state index contributed by atoms with van der Waals surface area (Å²) in [5, 5.41) is 12.8. The van der Waals surface area contributed by atoms with Gasteiger partial charge in [-0.2, -0.15) is 0 Å². The van der Waals surface area contributed by atoms with Gasteiger partial charge < -0.3 is 14.7 Å². The first-order valence-electron chi connectivity index (χ1n) is 7.22. The minimum Gasteiger partial charge on any atom is -0.391 e. The number of carbonyl (C=O) groups excluding carboxylic acids is 1. The second-order valence-corrected chi connectivity index (χ2v) is 6.33. The standard InChI is InChI=1S/C16H19NO3S/c18-14-3-6-17(10-14)16(19)11-20-7-4-12-1-2-15-13(9-12)5-8-21-15/h1-2,5,8-9,14,18H,3-4,6-7,10-11H2/t14-/m0/s1. The predicted molar refractivity (Wildman–Crippen MR) is 83.6 cm³/mol. The number of hydrogen-bond acceptors (Lipinski definition) is 4. The van der Waals surface area contributed by atoms with Crippen LogP contribution in [0.25, 0.3) is 10.1 Å². The molecule has 1 N–H and O–H groups in total. The van der Waals surface area contributed by atoms with Crippen molar-refractivity contribution >= 4 is 27.3 Å². The molecular weight excluding hydrogens is 286 g/mol. The minimum absolute atomic E-state index is 0.0279. The summed E-state index contributed by atoms with van der Waals surface area (Å²) in [6.07, 6.45) is 1.11. The molecule has 0 radical (unpaired) electrons. The molecule has 0 bridgehead atoms. The van der Waals surface area contributed by atoms with E-state index in [0.717, 1.165) is 6.42 Å². The maximum atomic E-state index is 11.8. The fraction of sp³-hybridized carbons (Fsp3) is 0.438. The lowest BCUT2D eigenvalue weighted by Gasteiger charge is -2.15. The summed E-state index contributed by atoms with van der Waals surface area (Å²) >= 11 is 1.74. The van der Waals surface area contributed by atoms with Gasteiger partial charge in [0, 0.05) is 17.8 Å². The molecule has 0 unspecified atom stereocenters. The minimum atomic E-state index is -0.369. The van der Waals surface area contributed by atoms with Gasteiger partial charge in [-0.1, -0.05) is 12.1 Å². The van der Waals surface area contributed by atoms with Crippen LogP contribution >= 0.6 is 11.3 Å². The smallest absolute Gasteiger partial charge is 0.248 e. The van der Waals surface area contributed by atoms with Crippen LogP contribution in [-0.4, -0.2) is 48.3 Å². The number of β-amino-alcohol motifs (C(OH)–C–C–N with tert-alkyl or cyclic N) is 1. The van der Waals surface area contributed by atoms with Gasteiger partial charge in [0.15, 0.2) is 0 Å². The first-order chi connectivity index (χ1) is 10.2. The number of thiophene rings is 1. The molecule has 1 saturated heterocycles. The number of carbonyl (C=O) groups is 1. The van der Waals surface area contributed by atoms with Gasteiger partial charge in [-0.05, 0) is 41.3 Å². The van der Waals surface area contributed by atoms with E-state index in [1.54, 1.807) is 16.2 Å². The fourth-order valence-electron chi connectivity index (χ4n) is 2.58. The van der Waals surface area contributed by atoms with Gasteiger partial charge >= 0.3 is 0 Å². The van der Waals surface area contributed by atoms with Gasteiger partial charge in [0.25, 0.3) is 0 Å². The Morgan fingerprint density at radius 2 is 2.33 bits per heavy atom. The highest BCUT2D eigenvalue weighted by Gasteiger charge is 2.24. The molecule has 21 heavy (non-hydrogen) atoms. The Bertz CT molecular complexity index is 625. The number of fused-ring (bicyclic) bond motifs is 1. The maximum absolute atomic E-state index is 11.8. The van der Waals surface area contributed by atoms with Gasteiger partial charge in [0.05, 0.1) is 12.7 Å². The number of hydrogen-bond donors (Lipinski definition) is 1. The number of rotatable bonds is 5. The Labute approximate surface area is 127 Å². The first kappa shape index (κ1) is 14.5. The van der Waals surface area contributed by atoms with Gasteiger partial charge in [-0.25, -0.2) is 0 Å². The summed E-state index contributed by atoms with van der Waals surface area (Å²) in [5.41, 5.74) is 1.23. The molecule has 5 heteroatoms. The molecule has 3 rings (SSSR count). The summed E-state index contributed by atoms with van der Waals surface area (Å²) < 4.78 is 6.76. The van der Waals surface area contributed by atoms with Crippen molar-refractivity contribution in [2.75, 3.05) is 26.3 Å². The molecule has 1 atom stereocenters. The van der Waals surface area contributed by atoms with Crippen molar-refractivity contribution in [2.24, 2.45) is 0 Å². The summed E-state index contributed by atoms with van der Waals surface area (Å²) in [6.45, 7) is 1.72. The third kappa shape index (κ3) is 3.61. The second-order valence-electron chi connectivity index (χ2n) is 5.38. The Kier molecular flexibility index (Phi) is 4.53. The van der Waals surface area contributed by atoms with Crippen molar-refractivity contribution in [1.29, 1.82) is 0 Å². The van der Waals surface area contributed by atoms with E-state index >= 15 is 0 Å². The average Bonchev–Trinajstić information content (AvgIpc) is 3.11. The topological polar surface area (TPSA) is 49.8 Å². The average molecular weight is 305 g/mol.